The van der Waals surface area contributed by atoms with Gasteiger partial charge in [0.05, 0.1) is 12.2 Å². The molecule has 0 atom stereocenters. The zero-order valence-electron chi connectivity index (χ0n) is 14.0. The third-order valence-electron chi connectivity index (χ3n) is 3.91. The first-order chi connectivity index (χ1) is 13.2. The molecule has 0 fully saturated rings. The molecular weight excluding hydrogens is 364 g/mol. The van der Waals surface area contributed by atoms with Crippen molar-refractivity contribution < 1.29 is 4.79 Å². The molecule has 134 valence electrons. The van der Waals surface area contributed by atoms with Gasteiger partial charge >= 0.3 is 0 Å². The second-order valence-electron chi connectivity index (χ2n) is 5.71. The molecule has 27 heavy (non-hydrogen) atoms. The Kier molecular flexibility index (Phi) is 4.58. The van der Waals surface area contributed by atoms with Crippen molar-refractivity contribution in [2.75, 3.05) is 5.32 Å². The van der Waals surface area contributed by atoms with Gasteiger partial charge in [0.25, 0.3) is 11.5 Å². The fourth-order valence-corrected chi connectivity index (χ4v) is 3.37. The molecule has 1 amide bonds. The summed E-state index contributed by atoms with van der Waals surface area (Å²) in [5.41, 5.74) is 2.21. The van der Waals surface area contributed by atoms with Crippen LogP contribution in [-0.2, 0) is 6.54 Å². The summed E-state index contributed by atoms with van der Waals surface area (Å²) in [5.74, 6) is -0.234. The highest BCUT2D eigenvalue weighted by Crippen LogP contribution is 2.21. The van der Waals surface area contributed by atoms with Gasteiger partial charge in [-0.15, -0.1) is 16.4 Å². The van der Waals surface area contributed by atoms with Gasteiger partial charge in [0.1, 0.15) is 11.2 Å². The topological polar surface area (TPSA) is 94.7 Å². The van der Waals surface area contributed by atoms with Gasteiger partial charge in [0.2, 0.25) is 0 Å². The Balaban J connectivity index is 1.48. The molecular formula is C18H14N6O2S. The molecule has 0 spiro atoms. The molecule has 0 aliphatic heterocycles. The number of anilines is 1. The van der Waals surface area contributed by atoms with E-state index < -0.39 is 0 Å². The molecule has 8 nitrogen and oxygen atoms in total. The minimum Gasteiger partial charge on any atom is -0.321 e. The minimum atomic E-state index is -0.234. The molecule has 0 bridgehead atoms. The van der Waals surface area contributed by atoms with Crippen molar-refractivity contribution in [2.45, 2.75) is 6.54 Å². The molecule has 0 saturated heterocycles. The van der Waals surface area contributed by atoms with Crippen LogP contribution in [0.5, 0.6) is 0 Å². The molecule has 0 saturated carbocycles. The minimum absolute atomic E-state index is 0.0531. The second-order valence-corrected chi connectivity index (χ2v) is 6.62. The Bertz CT molecular complexity index is 1120. The van der Waals surface area contributed by atoms with Gasteiger partial charge in [-0.25, -0.2) is 0 Å². The molecule has 0 unspecified atom stereocenters. The quantitative estimate of drug-likeness (QED) is 0.574. The van der Waals surface area contributed by atoms with Crippen molar-refractivity contribution in [1.29, 1.82) is 0 Å². The van der Waals surface area contributed by atoms with Crippen molar-refractivity contribution in [3.8, 4) is 5.69 Å². The summed E-state index contributed by atoms with van der Waals surface area (Å²) >= 11 is 1.32. The van der Waals surface area contributed by atoms with E-state index in [-0.39, 0.29) is 11.5 Å². The molecule has 4 rings (SSSR count). The van der Waals surface area contributed by atoms with Crippen LogP contribution in [0.1, 0.15) is 15.2 Å². The molecule has 3 aromatic heterocycles. The third-order valence-corrected chi connectivity index (χ3v) is 4.81. The van der Waals surface area contributed by atoms with E-state index in [1.165, 1.54) is 28.4 Å². The number of nitrogens with zero attached hydrogens (tertiary/aromatic N) is 5. The molecule has 0 aliphatic carbocycles. The average Bonchev–Trinajstić information content (AvgIpc) is 3.36. The largest absolute Gasteiger partial charge is 0.321 e. The van der Waals surface area contributed by atoms with E-state index in [9.17, 15) is 9.59 Å². The number of carbonyl (C=O) groups excluding carboxylic acids is 1. The number of tetrazole rings is 1. The van der Waals surface area contributed by atoms with Crippen LogP contribution in [0.25, 0.3) is 5.69 Å². The lowest BCUT2D eigenvalue weighted by atomic mass is 10.2. The summed E-state index contributed by atoms with van der Waals surface area (Å²) in [7, 11) is 0. The maximum Gasteiger partial charge on any atom is 0.267 e. The highest BCUT2D eigenvalue weighted by molar-refractivity contribution is 7.12. The van der Waals surface area contributed by atoms with Gasteiger partial charge in [-0.2, -0.15) is 4.68 Å². The molecule has 1 N–H and O–H groups in total. The average molecular weight is 378 g/mol. The van der Waals surface area contributed by atoms with Crippen molar-refractivity contribution in [1.82, 2.24) is 24.8 Å². The summed E-state index contributed by atoms with van der Waals surface area (Å²) in [6.45, 7) is 0.474. The SMILES string of the molecule is O=C(Nc1ccc(Cn2ccccc2=O)cc1)c1sccc1-n1cnnn1. The Morgan fingerprint density at radius 3 is 2.70 bits per heavy atom. The Morgan fingerprint density at radius 2 is 1.96 bits per heavy atom. The van der Waals surface area contributed by atoms with E-state index in [1.54, 1.807) is 22.9 Å². The second kappa shape index (κ2) is 7.34. The van der Waals surface area contributed by atoms with Crippen LogP contribution in [0.4, 0.5) is 5.69 Å². The van der Waals surface area contributed by atoms with Crippen LogP contribution in [-0.4, -0.2) is 30.7 Å². The van der Waals surface area contributed by atoms with Gasteiger partial charge in [-0.3, -0.25) is 9.59 Å². The first-order valence-corrected chi connectivity index (χ1v) is 8.95. The van der Waals surface area contributed by atoms with Gasteiger partial charge in [-0.1, -0.05) is 18.2 Å². The molecule has 9 heteroatoms. The zero-order chi connectivity index (χ0) is 18.6. The van der Waals surface area contributed by atoms with Crippen LogP contribution in [0.15, 0.2) is 71.2 Å². The maximum absolute atomic E-state index is 12.6. The van der Waals surface area contributed by atoms with E-state index in [0.29, 0.717) is 22.8 Å². The fourth-order valence-electron chi connectivity index (χ4n) is 2.59. The van der Waals surface area contributed by atoms with E-state index >= 15 is 0 Å². The lowest BCUT2D eigenvalue weighted by Gasteiger charge is -2.08. The maximum atomic E-state index is 12.6. The van der Waals surface area contributed by atoms with Crippen LogP contribution in [0.3, 0.4) is 0 Å². The monoisotopic (exact) mass is 378 g/mol. The number of pyridine rings is 1. The Hall–Kier alpha value is -3.59. The Morgan fingerprint density at radius 1 is 1.11 bits per heavy atom. The number of carbonyl (C=O) groups is 1. The third kappa shape index (κ3) is 3.67. The lowest BCUT2D eigenvalue weighted by Crippen LogP contribution is -2.18. The van der Waals surface area contributed by atoms with Crippen molar-refractivity contribution >= 4 is 22.9 Å². The lowest BCUT2D eigenvalue weighted by molar-refractivity contribution is 0.103. The highest BCUT2D eigenvalue weighted by Gasteiger charge is 2.15. The summed E-state index contributed by atoms with van der Waals surface area (Å²) in [6.07, 6.45) is 3.19. The van der Waals surface area contributed by atoms with Crippen molar-refractivity contribution in [3.05, 3.63) is 87.2 Å². The van der Waals surface area contributed by atoms with Crippen molar-refractivity contribution in [2.24, 2.45) is 0 Å². The van der Waals surface area contributed by atoms with Gasteiger partial charge in [0.15, 0.2) is 0 Å². The van der Waals surface area contributed by atoms with E-state index in [0.717, 1.165) is 5.56 Å². The van der Waals surface area contributed by atoms with E-state index in [2.05, 4.69) is 20.8 Å². The number of amides is 1. The van der Waals surface area contributed by atoms with Crippen molar-refractivity contribution in [3.63, 3.8) is 0 Å². The summed E-state index contributed by atoms with van der Waals surface area (Å²) in [5, 5.41) is 15.7. The van der Waals surface area contributed by atoms with Crippen LogP contribution < -0.4 is 10.9 Å². The standard InChI is InChI=1S/C18H14N6O2S/c25-16-3-1-2-9-23(16)11-13-4-6-14(7-5-13)20-18(26)17-15(8-10-27-17)24-12-19-21-22-24/h1-10,12H,11H2,(H,20,26). The van der Waals surface area contributed by atoms with Crippen LogP contribution in [0.2, 0.25) is 0 Å². The van der Waals surface area contributed by atoms with Gasteiger partial charge in [-0.05, 0) is 45.6 Å². The predicted octanol–water partition coefficient (Wildman–Crippen LogP) is 2.19. The summed E-state index contributed by atoms with van der Waals surface area (Å²) in [6, 6.07) is 14.2. The summed E-state index contributed by atoms with van der Waals surface area (Å²) < 4.78 is 3.07. The number of thiophene rings is 1. The molecule has 0 radical (unpaired) electrons. The summed E-state index contributed by atoms with van der Waals surface area (Å²) in [4.78, 5) is 24.9. The first kappa shape index (κ1) is 16.9. The normalized spacial score (nSPS) is 10.7. The first-order valence-electron chi connectivity index (χ1n) is 8.07. The van der Waals surface area contributed by atoms with Gasteiger partial charge in [0, 0.05) is 18.0 Å². The number of aromatic nitrogens is 5. The fraction of sp³-hybridized carbons (Fsp3) is 0.0556. The molecule has 4 aromatic rings. The molecule has 3 heterocycles. The number of benzene rings is 1. The van der Waals surface area contributed by atoms with Crippen LogP contribution in [0, 0.1) is 0 Å². The zero-order valence-corrected chi connectivity index (χ0v) is 14.8. The van der Waals surface area contributed by atoms with Gasteiger partial charge < -0.3 is 9.88 Å². The number of nitrogens with one attached hydrogen (secondary N) is 1. The smallest absolute Gasteiger partial charge is 0.267 e. The van der Waals surface area contributed by atoms with E-state index in [4.69, 9.17) is 0 Å². The number of hydrogen-bond acceptors (Lipinski definition) is 6. The highest BCUT2D eigenvalue weighted by atomic mass is 32.1. The van der Waals surface area contributed by atoms with Crippen LogP contribution >= 0.6 is 11.3 Å². The molecule has 1 aromatic carbocycles. The number of rotatable bonds is 5. The number of hydrogen-bond donors (Lipinski definition) is 1. The molecule has 0 aliphatic rings. The Labute approximate surface area is 157 Å². The van der Waals surface area contributed by atoms with E-state index in [1.807, 2.05) is 35.7 Å². The predicted molar refractivity (Wildman–Crippen MR) is 101 cm³/mol.